The molecule has 5 aliphatic rings. The van der Waals surface area contributed by atoms with Crippen LogP contribution >= 0.6 is 0 Å². The Morgan fingerprint density at radius 1 is 1.05 bits per heavy atom. The third kappa shape index (κ3) is 8.48. The zero-order chi connectivity index (χ0) is 40.0. The van der Waals surface area contributed by atoms with Gasteiger partial charge in [0.25, 0.3) is 0 Å². The molecule has 3 aliphatic carbocycles. The molecule has 0 spiro atoms. The number of benzene rings is 1. The molecule has 2 aliphatic heterocycles. The largest absolute Gasteiger partial charge is 0.497 e. The Balaban J connectivity index is 1.23. The highest BCUT2D eigenvalue weighted by atomic mass is 32.2. The summed E-state index contributed by atoms with van der Waals surface area (Å²) in [4.78, 5) is 63.3. The predicted molar refractivity (Wildman–Crippen MR) is 210 cm³/mol. The highest BCUT2D eigenvalue weighted by Crippen LogP contribution is 2.57. The Bertz CT molecular complexity index is 1990. The Labute approximate surface area is 330 Å². The van der Waals surface area contributed by atoms with Crippen molar-refractivity contribution < 1.29 is 41.8 Å². The molecule has 2 aromatic rings. The van der Waals surface area contributed by atoms with Crippen LogP contribution in [-0.2, 0) is 40.4 Å². The van der Waals surface area contributed by atoms with Crippen LogP contribution in [0.4, 0.5) is 0 Å². The van der Waals surface area contributed by atoms with E-state index in [-0.39, 0.29) is 61.9 Å². The van der Waals surface area contributed by atoms with Crippen LogP contribution in [0.15, 0.2) is 36.9 Å². The number of Topliss-reactive ketones (excluding diaryl/α,β-unsaturated/α-hetero) is 1. The smallest absolute Gasteiger partial charge is 0.306 e. The molecular weight excluding hydrogens is 735 g/mol. The first kappa shape index (κ1) is 40.2. The van der Waals surface area contributed by atoms with Crippen LogP contribution in [0.25, 0.3) is 10.9 Å². The number of nitrogens with zero attached hydrogens (tertiary/aromatic N) is 2. The molecule has 1 aromatic carbocycles. The predicted octanol–water partition coefficient (Wildman–Crippen LogP) is 6.23. The van der Waals surface area contributed by atoms with Crippen LogP contribution in [0.1, 0.15) is 110 Å². The SMILES string of the molecule is C=C[C@@H]1C[C@]1(CC(=O)[C@@H]1C[C@@H]2CN1C(=O)[C@H](C(C)(C)C)CC(=O)O[C@@H]1CCC[C@H]1CCCCCc1nc3ccc(OC)cc3cc1O2)C(=O)NS(=O)(=O)C1CC1. The number of hydrogen-bond donors (Lipinski definition) is 1. The van der Waals surface area contributed by atoms with Crippen molar-refractivity contribution in [2.75, 3.05) is 13.7 Å². The molecule has 12 nitrogen and oxygen atoms in total. The number of aromatic nitrogens is 1. The van der Waals surface area contributed by atoms with Crippen LogP contribution in [0, 0.1) is 28.6 Å². The number of rotatable bonds is 8. The molecule has 1 aromatic heterocycles. The topological polar surface area (TPSA) is 158 Å². The average molecular weight is 792 g/mol. The number of fused-ring (bicyclic) bond motifs is 5. The highest BCUT2D eigenvalue weighted by molar-refractivity contribution is 7.90. The van der Waals surface area contributed by atoms with Gasteiger partial charge in [0.2, 0.25) is 21.8 Å². The average Bonchev–Trinajstić information content (AvgIpc) is 4.04. The first-order chi connectivity index (χ1) is 26.6. The fourth-order valence-corrected chi connectivity index (χ4v) is 10.6. The molecule has 3 heterocycles. The Hall–Kier alpha value is -4.00. The van der Waals surface area contributed by atoms with E-state index in [0.717, 1.165) is 61.5 Å². The second-order valence-corrected chi connectivity index (χ2v) is 19.9. The fourth-order valence-electron chi connectivity index (χ4n) is 9.21. The monoisotopic (exact) mass is 791 g/mol. The standard InChI is InChI=1S/C43H57N3O9S/c1-6-28-23-43(28,41(50)45-56(51,52)31-16-17-31)24-36(47)35-21-30-25-46(35)40(49)32(42(2,3)4)22-39(48)55-37-14-10-12-26(37)11-8-7-9-13-34-38(54-30)20-27-19-29(53-5)15-18-33(27)44-34/h6,15,18-20,26,28,30-32,35,37H,1,7-14,16-17,21-25H2,2-5H3,(H,45,50)/t26-,28-,30-,32-,35+,37-,43-/m1/s1. The number of sulfonamides is 1. The van der Waals surface area contributed by atoms with Crippen molar-refractivity contribution in [2.45, 2.75) is 134 Å². The van der Waals surface area contributed by atoms with E-state index in [1.807, 2.05) is 45.0 Å². The van der Waals surface area contributed by atoms with Gasteiger partial charge in [0.15, 0.2) is 5.78 Å². The van der Waals surface area contributed by atoms with Gasteiger partial charge in [0.05, 0.1) is 53.9 Å². The van der Waals surface area contributed by atoms with E-state index in [2.05, 4.69) is 11.3 Å². The van der Waals surface area contributed by atoms with E-state index in [4.69, 9.17) is 19.2 Å². The molecule has 0 unspecified atom stereocenters. The van der Waals surface area contributed by atoms with Crippen LogP contribution in [-0.4, -0.2) is 79.0 Å². The molecular formula is C43H57N3O9S. The number of esters is 1. The normalized spacial score (nSPS) is 30.2. The van der Waals surface area contributed by atoms with Crippen molar-refractivity contribution in [1.29, 1.82) is 0 Å². The number of amides is 2. The lowest BCUT2D eigenvalue weighted by molar-refractivity contribution is -0.158. The summed E-state index contributed by atoms with van der Waals surface area (Å²) in [5, 5.41) is 0.233. The van der Waals surface area contributed by atoms with Gasteiger partial charge in [-0.2, -0.15) is 0 Å². The van der Waals surface area contributed by atoms with Crippen LogP contribution in [0.5, 0.6) is 11.5 Å². The van der Waals surface area contributed by atoms with Gasteiger partial charge in [0.1, 0.15) is 23.7 Å². The maximum atomic E-state index is 14.8. The van der Waals surface area contributed by atoms with Gasteiger partial charge in [-0.05, 0) is 99.3 Å². The van der Waals surface area contributed by atoms with Gasteiger partial charge in [-0.1, -0.05) is 39.7 Å². The number of ether oxygens (including phenoxy) is 3. The lowest BCUT2D eigenvalue weighted by Gasteiger charge is -2.35. The van der Waals surface area contributed by atoms with Crippen molar-refractivity contribution >= 4 is 44.5 Å². The van der Waals surface area contributed by atoms with Crippen molar-refractivity contribution in [2.24, 2.45) is 28.6 Å². The molecule has 0 radical (unpaired) electrons. The number of ketones is 1. The summed E-state index contributed by atoms with van der Waals surface area (Å²) in [6, 6.07) is 6.69. The molecule has 4 fully saturated rings. The number of pyridine rings is 1. The number of methoxy groups -OCH3 is 1. The van der Waals surface area contributed by atoms with E-state index in [1.165, 1.54) is 4.90 Å². The summed E-state index contributed by atoms with van der Waals surface area (Å²) in [7, 11) is -2.24. The van der Waals surface area contributed by atoms with Crippen molar-refractivity contribution in [3.05, 3.63) is 42.6 Å². The molecule has 56 heavy (non-hydrogen) atoms. The summed E-state index contributed by atoms with van der Waals surface area (Å²) in [5.41, 5.74) is -0.324. The number of allylic oxidation sites excluding steroid dienone is 1. The van der Waals surface area contributed by atoms with Crippen LogP contribution in [0.2, 0.25) is 0 Å². The van der Waals surface area contributed by atoms with Crippen molar-refractivity contribution in [1.82, 2.24) is 14.6 Å². The van der Waals surface area contributed by atoms with Crippen LogP contribution in [0.3, 0.4) is 0 Å². The van der Waals surface area contributed by atoms with Gasteiger partial charge < -0.3 is 19.1 Å². The molecule has 3 saturated carbocycles. The number of carbonyl (C=O) groups excluding carboxylic acids is 4. The maximum Gasteiger partial charge on any atom is 0.306 e. The first-order valence-corrected chi connectivity index (χ1v) is 22.0. The Morgan fingerprint density at radius 3 is 2.52 bits per heavy atom. The fraction of sp³-hybridized carbons (Fsp3) is 0.651. The van der Waals surface area contributed by atoms with E-state index < -0.39 is 56.0 Å². The molecule has 304 valence electrons. The Kier molecular flexibility index (Phi) is 11.3. The molecule has 1 N–H and O–H groups in total. The third-order valence-corrected chi connectivity index (χ3v) is 14.7. The van der Waals surface area contributed by atoms with Crippen molar-refractivity contribution in [3.63, 3.8) is 0 Å². The van der Waals surface area contributed by atoms with Gasteiger partial charge >= 0.3 is 5.97 Å². The summed E-state index contributed by atoms with van der Waals surface area (Å²) >= 11 is 0. The minimum absolute atomic E-state index is 0.0807. The Morgan fingerprint density at radius 2 is 1.82 bits per heavy atom. The second-order valence-electron chi connectivity index (χ2n) is 17.9. The van der Waals surface area contributed by atoms with Gasteiger partial charge in [-0.3, -0.25) is 23.9 Å². The molecule has 2 amide bonds. The molecule has 7 atom stereocenters. The zero-order valence-corrected chi connectivity index (χ0v) is 34.0. The number of nitrogens with one attached hydrogen (secondary N) is 1. The third-order valence-electron chi connectivity index (χ3n) is 12.9. The minimum atomic E-state index is -3.85. The van der Waals surface area contributed by atoms with E-state index in [0.29, 0.717) is 30.8 Å². The van der Waals surface area contributed by atoms with E-state index in [9.17, 15) is 27.6 Å². The lowest BCUT2D eigenvalue weighted by atomic mass is 9.77. The van der Waals surface area contributed by atoms with Gasteiger partial charge in [0, 0.05) is 18.2 Å². The summed E-state index contributed by atoms with van der Waals surface area (Å²) in [6.45, 7) is 9.67. The van der Waals surface area contributed by atoms with Gasteiger partial charge in [-0.15, -0.1) is 6.58 Å². The molecule has 7 rings (SSSR count). The summed E-state index contributed by atoms with van der Waals surface area (Å²) in [6.07, 6.45) is 9.17. The zero-order valence-electron chi connectivity index (χ0n) is 33.2. The number of aryl methyl sites for hydroxylation is 1. The highest BCUT2D eigenvalue weighted by Gasteiger charge is 2.61. The molecule has 2 bridgehead atoms. The summed E-state index contributed by atoms with van der Waals surface area (Å²) < 4.78 is 46.2. The molecule has 1 saturated heterocycles. The maximum absolute atomic E-state index is 14.8. The number of carbonyl (C=O) groups is 4. The number of hydrogen-bond acceptors (Lipinski definition) is 10. The quantitative estimate of drug-likeness (QED) is 0.240. The van der Waals surface area contributed by atoms with Crippen LogP contribution < -0.4 is 14.2 Å². The van der Waals surface area contributed by atoms with E-state index in [1.54, 1.807) is 13.2 Å². The molecule has 13 heteroatoms. The summed E-state index contributed by atoms with van der Waals surface area (Å²) in [5.74, 6) is -1.46. The lowest BCUT2D eigenvalue weighted by Crippen LogP contribution is -2.48. The van der Waals surface area contributed by atoms with Gasteiger partial charge in [-0.25, -0.2) is 13.4 Å². The minimum Gasteiger partial charge on any atom is -0.497 e. The van der Waals surface area contributed by atoms with Crippen molar-refractivity contribution in [3.8, 4) is 11.5 Å². The van der Waals surface area contributed by atoms with E-state index >= 15 is 0 Å². The second kappa shape index (κ2) is 15.7. The first-order valence-electron chi connectivity index (χ1n) is 20.5.